The summed E-state index contributed by atoms with van der Waals surface area (Å²) in [5.74, 6) is 1.04. The van der Waals surface area contributed by atoms with E-state index in [4.69, 9.17) is 4.74 Å². The molecule has 0 saturated carbocycles. The van der Waals surface area contributed by atoms with Crippen molar-refractivity contribution in [2.75, 3.05) is 0 Å². The quantitative estimate of drug-likeness (QED) is 0.369. The first-order valence-electron chi connectivity index (χ1n) is 10.4. The Morgan fingerprint density at radius 3 is 2.29 bits per heavy atom. The fourth-order valence-corrected chi connectivity index (χ4v) is 3.40. The Morgan fingerprint density at radius 2 is 1.52 bits per heavy atom. The number of rotatable bonds is 9. The molecule has 0 spiro atoms. The van der Waals surface area contributed by atoms with Crippen LogP contribution in [0.3, 0.4) is 0 Å². The van der Waals surface area contributed by atoms with Crippen molar-refractivity contribution in [1.29, 1.82) is 0 Å². The van der Waals surface area contributed by atoms with E-state index in [9.17, 15) is 4.79 Å². The van der Waals surface area contributed by atoms with E-state index in [1.54, 1.807) is 12.4 Å². The Hall–Kier alpha value is -3.79. The minimum atomic E-state index is 0.233. The second-order valence-corrected chi connectivity index (χ2v) is 7.42. The number of carbonyl (C=O) groups excluding carboxylic acids is 1. The topological polar surface area (TPSA) is 52.1 Å². The van der Waals surface area contributed by atoms with E-state index in [0.29, 0.717) is 19.4 Å². The van der Waals surface area contributed by atoms with Gasteiger partial charge in [-0.2, -0.15) is 0 Å². The van der Waals surface area contributed by atoms with Gasteiger partial charge in [-0.1, -0.05) is 60.7 Å². The average Bonchev–Trinajstić information content (AvgIpc) is 2.84. The maximum atomic E-state index is 12.3. The largest absolute Gasteiger partial charge is 0.488 e. The highest BCUT2D eigenvalue weighted by Crippen LogP contribution is 2.29. The first-order chi connectivity index (χ1) is 15.3. The lowest BCUT2D eigenvalue weighted by atomic mass is 10.0. The maximum absolute atomic E-state index is 12.3. The molecule has 0 aliphatic carbocycles. The van der Waals surface area contributed by atoms with Gasteiger partial charge in [0, 0.05) is 43.2 Å². The van der Waals surface area contributed by atoms with Gasteiger partial charge in [0.15, 0.2) is 0 Å². The highest BCUT2D eigenvalue weighted by Gasteiger charge is 2.08. The Bertz CT molecular complexity index is 1110. The van der Waals surface area contributed by atoms with E-state index in [1.165, 1.54) is 0 Å². The molecule has 0 amide bonds. The second kappa shape index (κ2) is 10.3. The summed E-state index contributed by atoms with van der Waals surface area (Å²) in [5, 5.41) is 0. The van der Waals surface area contributed by atoms with Crippen molar-refractivity contribution < 1.29 is 9.53 Å². The standard InChI is InChI=1S/C27H24N2O2/c30-25(13-12-22-5-4-15-28-18-22)17-21-8-10-23(11-9-21)20-31-27-14-16-29-19-26(27)24-6-2-1-3-7-24/h1-11,14-16,18-19H,12-13,17,20H2. The Morgan fingerprint density at radius 1 is 0.742 bits per heavy atom. The normalized spacial score (nSPS) is 10.6. The van der Waals surface area contributed by atoms with Crippen LogP contribution in [-0.2, 0) is 24.2 Å². The van der Waals surface area contributed by atoms with Crippen LogP contribution >= 0.6 is 0 Å². The first kappa shape index (κ1) is 20.5. The molecule has 0 radical (unpaired) electrons. The number of benzene rings is 2. The molecule has 31 heavy (non-hydrogen) atoms. The highest BCUT2D eigenvalue weighted by atomic mass is 16.5. The summed E-state index contributed by atoms with van der Waals surface area (Å²) in [6, 6.07) is 23.9. The Labute approximate surface area is 182 Å². The average molecular weight is 409 g/mol. The summed E-state index contributed by atoms with van der Waals surface area (Å²) in [6.07, 6.45) is 8.83. The fraction of sp³-hybridized carbons (Fsp3) is 0.148. The van der Waals surface area contributed by atoms with Crippen molar-refractivity contribution >= 4 is 5.78 Å². The lowest BCUT2D eigenvalue weighted by Crippen LogP contribution is -2.05. The molecule has 0 aliphatic heterocycles. The summed E-state index contributed by atoms with van der Waals surface area (Å²) < 4.78 is 6.07. The zero-order valence-electron chi connectivity index (χ0n) is 17.3. The van der Waals surface area contributed by atoms with Gasteiger partial charge in [-0.3, -0.25) is 14.8 Å². The lowest BCUT2D eigenvalue weighted by molar-refractivity contribution is -0.118. The monoisotopic (exact) mass is 408 g/mol. The predicted molar refractivity (Wildman–Crippen MR) is 122 cm³/mol. The maximum Gasteiger partial charge on any atom is 0.137 e. The molecule has 154 valence electrons. The van der Waals surface area contributed by atoms with Crippen LogP contribution in [0.15, 0.2) is 97.6 Å². The SMILES string of the molecule is O=C(CCc1cccnc1)Cc1ccc(COc2ccncc2-c2ccccc2)cc1. The minimum absolute atomic E-state index is 0.233. The number of nitrogens with zero attached hydrogens (tertiary/aromatic N) is 2. The molecule has 2 heterocycles. The summed E-state index contributed by atoms with van der Waals surface area (Å²) in [4.78, 5) is 20.6. The third kappa shape index (κ3) is 5.86. The fourth-order valence-electron chi connectivity index (χ4n) is 3.40. The van der Waals surface area contributed by atoms with Crippen molar-refractivity contribution in [3.8, 4) is 16.9 Å². The number of aromatic nitrogens is 2. The van der Waals surface area contributed by atoms with Gasteiger partial charge in [-0.15, -0.1) is 0 Å². The molecular formula is C27H24N2O2. The van der Waals surface area contributed by atoms with Gasteiger partial charge in [0.1, 0.15) is 18.1 Å². The van der Waals surface area contributed by atoms with E-state index >= 15 is 0 Å². The number of pyridine rings is 2. The van der Waals surface area contributed by atoms with Crippen LogP contribution in [0.5, 0.6) is 5.75 Å². The molecular weight excluding hydrogens is 384 g/mol. The molecule has 0 fully saturated rings. The van der Waals surface area contributed by atoms with Gasteiger partial charge in [0.05, 0.1) is 0 Å². The smallest absolute Gasteiger partial charge is 0.137 e. The van der Waals surface area contributed by atoms with Gasteiger partial charge in [0.25, 0.3) is 0 Å². The molecule has 0 saturated heterocycles. The number of ether oxygens (including phenoxy) is 1. The van der Waals surface area contributed by atoms with Crippen LogP contribution in [-0.4, -0.2) is 15.8 Å². The van der Waals surface area contributed by atoms with Gasteiger partial charge in [-0.25, -0.2) is 0 Å². The summed E-state index contributed by atoms with van der Waals surface area (Å²) in [7, 11) is 0. The number of ketones is 1. The molecule has 0 unspecified atom stereocenters. The van der Waals surface area contributed by atoms with Crippen molar-refractivity contribution in [3.05, 3.63) is 114 Å². The van der Waals surface area contributed by atoms with Crippen LogP contribution in [0.1, 0.15) is 23.1 Å². The Kier molecular flexibility index (Phi) is 6.81. The van der Waals surface area contributed by atoms with Crippen molar-refractivity contribution in [1.82, 2.24) is 9.97 Å². The third-order valence-corrected chi connectivity index (χ3v) is 5.10. The highest BCUT2D eigenvalue weighted by molar-refractivity contribution is 5.81. The first-order valence-corrected chi connectivity index (χ1v) is 10.4. The molecule has 2 aromatic heterocycles. The molecule has 0 bridgehead atoms. The molecule has 0 atom stereocenters. The van der Waals surface area contributed by atoms with Gasteiger partial charge in [-0.05, 0) is 40.8 Å². The molecule has 4 rings (SSSR count). The molecule has 0 aliphatic rings. The third-order valence-electron chi connectivity index (χ3n) is 5.10. The zero-order chi connectivity index (χ0) is 21.3. The van der Waals surface area contributed by atoms with Crippen LogP contribution in [0.25, 0.3) is 11.1 Å². The van der Waals surface area contributed by atoms with E-state index in [-0.39, 0.29) is 5.78 Å². The minimum Gasteiger partial charge on any atom is -0.488 e. The van der Waals surface area contributed by atoms with Crippen molar-refractivity contribution in [3.63, 3.8) is 0 Å². The molecule has 0 N–H and O–H groups in total. The lowest BCUT2D eigenvalue weighted by Gasteiger charge is -2.11. The van der Waals surface area contributed by atoms with E-state index < -0.39 is 0 Å². The van der Waals surface area contributed by atoms with Crippen LogP contribution in [0.4, 0.5) is 0 Å². The summed E-state index contributed by atoms with van der Waals surface area (Å²) in [6.45, 7) is 0.457. The summed E-state index contributed by atoms with van der Waals surface area (Å²) >= 11 is 0. The molecule has 4 heteroatoms. The predicted octanol–water partition coefficient (Wildman–Crippen LogP) is 5.47. The van der Waals surface area contributed by atoms with Crippen molar-refractivity contribution in [2.45, 2.75) is 25.9 Å². The van der Waals surface area contributed by atoms with Crippen LogP contribution in [0.2, 0.25) is 0 Å². The van der Waals surface area contributed by atoms with Gasteiger partial charge >= 0.3 is 0 Å². The van der Waals surface area contributed by atoms with Crippen molar-refractivity contribution in [2.24, 2.45) is 0 Å². The molecule has 4 nitrogen and oxygen atoms in total. The van der Waals surface area contributed by atoms with E-state index in [0.717, 1.165) is 40.0 Å². The van der Waals surface area contributed by atoms with Crippen LogP contribution in [0, 0.1) is 0 Å². The summed E-state index contributed by atoms with van der Waals surface area (Å²) in [5.41, 5.74) is 5.22. The van der Waals surface area contributed by atoms with Gasteiger partial charge in [0.2, 0.25) is 0 Å². The number of hydrogen-bond acceptors (Lipinski definition) is 4. The van der Waals surface area contributed by atoms with E-state index in [1.807, 2.05) is 85.2 Å². The number of carbonyl (C=O) groups is 1. The van der Waals surface area contributed by atoms with E-state index in [2.05, 4.69) is 9.97 Å². The molecule has 2 aromatic carbocycles. The number of hydrogen-bond donors (Lipinski definition) is 0. The van der Waals surface area contributed by atoms with Gasteiger partial charge < -0.3 is 4.74 Å². The zero-order valence-corrected chi connectivity index (χ0v) is 17.3. The number of Topliss-reactive ketones (excluding diaryl/α,β-unsaturated/α-hetero) is 1. The Balaban J connectivity index is 1.32. The van der Waals surface area contributed by atoms with Crippen LogP contribution < -0.4 is 4.74 Å². The number of aryl methyl sites for hydroxylation is 1. The second-order valence-electron chi connectivity index (χ2n) is 7.42. The molecule has 4 aromatic rings.